The minimum absolute atomic E-state index is 0.0590. The van der Waals surface area contributed by atoms with Crippen LogP contribution in [0.15, 0.2) is 36.5 Å². The number of nitrogens with one attached hydrogen (secondary N) is 2. The number of nitrogens with zero attached hydrogens (tertiary/aromatic N) is 4. The van der Waals surface area contributed by atoms with Gasteiger partial charge in [0.25, 0.3) is 5.91 Å². The van der Waals surface area contributed by atoms with Crippen molar-refractivity contribution in [3.8, 4) is 6.07 Å². The molecule has 0 atom stereocenters. The highest BCUT2D eigenvalue weighted by atomic mass is 32.1. The molecule has 0 saturated carbocycles. The lowest BCUT2D eigenvalue weighted by Crippen LogP contribution is -2.44. The molecule has 0 unspecified atom stereocenters. The van der Waals surface area contributed by atoms with Crippen LogP contribution in [0.1, 0.15) is 25.0 Å². The third-order valence-electron chi connectivity index (χ3n) is 5.00. The van der Waals surface area contributed by atoms with Crippen LogP contribution >= 0.6 is 12.2 Å². The van der Waals surface area contributed by atoms with Gasteiger partial charge in [-0.3, -0.25) is 15.0 Å². The van der Waals surface area contributed by atoms with Gasteiger partial charge < -0.3 is 15.3 Å². The number of aliphatic hydroxyl groups is 1. The highest BCUT2D eigenvalue weighted by Crippen LogP contribution is 2.39. The largest absolute Gasteiger partial charge is 0.417 e. The first-order valence-corrected chi connectivity index (χ1v) is 10.2. The second-order valence-corrected chi connectivity index (χ2v) is 8.03. The molecule has 13 heteroatoms. The van der Waals surface area contributed by atoms with Crippen molar-refractivity contribution in [1.29, 1.82) is 5.26 Å². The summed E-state index contributed by atoms with van der Waals surface area (Å²) < 4.78 is 40.3. The quantitative estimate of drug-likeness (QED) is 0.549. The van der Waals surface area contributed by atoms with Gasteiger partial charge in [0.15, 0.2) is 5.11 Å². The van der Waals surface area contributed by atoms with Crippen molar-refractivity contribution in [2.45, 2.75) is 25.6 Å². The molecule has 3 rings (SSSR count). The van der Waals surface area contributed by atoms with Gasteiger partial charge in [-0.15, -0.1) is 0 Å². The molecule has 3 N–H and O–H groups in total. The number of rotatable bonds is 5. The first-order chi connectivity index (χ1) is 15.9. The van der Waals surface area contributed by atoms with E-state index >= 15 is 0 Å². The third-order valence-corrected chi connectivity index (χ3v) is 5.37. The van der Waals surface area contributed by atoms with E-state index in [0.29, 0.717) is 5.69 Å². The summed E-state index contributed by atoms with van der Waals surface area (Å²) in [5.41, 5.74) is -2.75. The van der Waals surface area contributed by atoms with Crippen LogP contribution in [0.5, 0.6) is 0 Å². The molecule has 0 aliphatic carbocycles. The van der Waals surface area contributed by atoms with Crippen molar-refractivity contribution in [2.75, 3.05) is 28.3 Å². The van der Waals surface area contributed by atoms with E-state index in [4.69, 9.17) is 22.6 Å². The van der Waals surface area contributed by atoms with E-state index in [1.165, 1.54) is 29.3 Å². The highest BCUT2D eigenvalue weighted by molar-refractivity contribution is 7.81. The third kappa shape index (κ3) is 4.63. The van der Waals surface area contributed by atoms with E-state index in [1.54, 1.807) is 19.9 Å². The molecular formula is C21H19F3N6O3S. The summed E-state index contributed by atoms with van der Waals surface area (Å²) in [6.45, 7) is 2.95. The second-order valence-electron chi connectivity index (χ2n) is 7.66. The predicted molar refractivity (Wildman–Crippen MR) is 121 cm³/mol. The maximum atomic E-state index is 13.4. The van der Waals surface area contributed by atoms with E-state index < -0.39 is 34.8 Å². The molecule has 2 aromatic rings. The van der Waals surface area contributed by atoms with Gasteiger partial charge in [0.2, 0.25) is 0 Å². The number of alkyl halides is 3. The summed E-state index contributed by atoms with van der Waals surface area (Å²) in [6, 6.07) is 6.87. The van der Waals surface area contributed by atoms with Crippen LogP contribution < -0.4 is 20.4 Å². The summed E-state index contributed by atoms with van der Waals surface area (Å²) in [5.74, 6) is -0.381. The number of carbonyl (C=O) groups excluding carboxylic acids is 2. The lowest BCUT2D eigenvalue weighted by molar-refractivity contribution is -0.137. The predicted octanol–water partition coefficient (Wildman–Crippen LogP) is 3.00. The van der Waals surface area contributed by atoms with Gasteiger partial charge >= 0.3 is 12.2 Å². The van der Waals surface area contributed by atoms with Crippen LogP contribution in [-0.4, -0.2) is 45.8 Å². The van der Waals surface area contributed by atoms with E-state index in [-0.39, 0.29) is 29.8 Å². The molecule has 3 amide bonds. The number of hydrogen-bond acceptors (Lipinski definition) is 6. The first-order valence-electron chi connectivity index (χ1n) is 9.83. The van der Waals surface area contributed by atoms with Gasteiger partial charge in [-0.05, 0) is 56.4 Å². The Labute approximate surface area is 197 Å². The molecule has 1 aliphatic heterocycles. The number of anilines is 3. The first kappa shape index (κ1) is 24.9. The maximum Gasteiger partial charge on any atom is 0.417 e. The molecule has 9 nitrogen and oxygen atoms in total. The number of benzene rings is 1. The molecule has 1 fully saturated rings. The van der Waals surface area contributed by atoms with Gasteiger partial charge in [0, 0.05) is 6.54 Å². The van der Waals surface area contributed by atoms with E-state index in [1.807, 2.05) is 0 Å². The molecule has 34 heavy (non-hydrogen) atoms. The van der Waals surface area contributed by atoms with Crippen molar-refractivity contribution in [2.24, 2.45) is 0 Å². The molecule has 178 valence electrons. The van der Waals surface area contributed by atoms with Crippen LogP contribution in [-0.2, 0) is 11.0 Å². The zero-order chi connectivity index (χ0) is 25.3. The van der Waals surface area contributed by atoms with Crippen LogP contribution in [0.3, 0.4) is 0 Å². The van der Waals surface area contributed by atoms with E-state index in [2.05, 4.69) is 15.6 Å². The lowest BCUT2D eigenvalue weighted by Gasteiger charge is -2.29. The fraction of sp³-hybridized carbons (Fsp3) is 0.286. The van der Waals surface area contributed by atoms with Crippen LogP contribution in [0.25, 0.3) is 0 Å². The fourth-order valence-electron chi connectivity index (χ4n) is 3.38. The average Bonchev–Trinajstić information content (AvgIpc) is 2.95. The summed E-state index contributed by atoms with van der Waals surface area (Å²) in [5, 5.41) is 22.6. The molecule has 1 aliphatic rings. The number of carbonyl (C=O) groups is 2. The smallest absolute Gasteiger partial charge is 0.395 e. The Kier molecular flexibility index (Phi) is 6.76. The zero-order valence-electron chi connectivity index (χ0n) is 18.0. The minimum Gasteiger partial charge on any atom is -0.395 e. The minimum atomic E-state index is -4.79. The SMILES string of the molecule is CC1(C)C(=O)N(c2ccc(C#N)c(C(F)(F)F)c2)C(=S)N1c1ccc(NC(=O)NCCO)nc1. The van der Waals surface area contributed by atoms with Crippen molar-refractivity contribution < 1.29 is 27.9 Å². The number of halogens is 3. The van der Waals surface area contributed by atoms with Crippen molar-refractivity contribution in [3.05, 3.63) is 47.7 Å². The topological polar surface area (TPSA) is 122 Å². The van der Waals surface area contributed by atoms with Gasteiger partial charge in [0.1, 0.15) is 11.4 Å². The molecule has 1 aromatic heterocycles. The van der Waals surface area contributed by atoms with Crippen LogP contribution in [0.2, 0.25) is 0 Å². The molecule has 1 aromatic carbocycles. The number of urea groups is 1. The maximum absolute atomic E-state index is 13.4. The van der Waals surface area contributed by atoms with E-state index in [0.717, 1.165) is 17.0 Å². The number of amides is 3. The monoisotopic (exact) mass is 492 g/mol. The van der Waals surface area contributed by atoms with Crippen LogP contribution in [0.4, 0.5) is 35.2 Å². The Morgan fingerprint density at radius 3 is 2.50 bits per heavy atom. The number of thiocarbonyl (C=S) groups is 1. The molecule has 0 bridgehead atoms. The number of pyridine rings is 1. The number of aromatic nitrogens is 1. The van der Waals surface area contributed by atoms with Crippen molar-refractivity contribution in [3.63, 3.8) is 0 Å². The number of aliphatic hydroxyl groups excluding tert-OH is 1. The number of hydrogen-bond donors (Lipinski definition) is 3. The zero-order valence-corrected chi connectivity index (χ0v) is 18.8. The fourth-order valence-corrected chi connectivity index (χ4v) is 3.90. The summed E-state index contributed by atoms with van der Waals surface area (Å²) in [7, 11) is 0. The van der Waals surface area contributed by atoms with Gasteiger partial charge in [-0.1, -0.05) is 0 Å². The average molecular weight is 492 g/mol. The summed E-state index contributed by atoms with van der Waals surface area (Å²) in [4.78, 5) is 31.4. The highest BCUT2D eigenvalue weighted by Gasteiger charge is 2.50. The molecule has 1 saturated heterocycles. The Morgan fingerprint density at radius 2 is 1.94 bits per heavy atom. The molecule has 0 spiro atoms. The Balaban J connectivity index is 1.93. The Morgan fingerprint density at radius 1 is 1.26 bits per heavy atom. The molecular weight excluding hydrogens is 473 g/mol. The van der Waals surface area contributed by atoms with Crippen LogP contribution in [0, 0.1) is 11.3 Å². The summed E-state index contributed by atoms with van der Waals surface area (Å²) >= 11 is 5.45. The van der Waals surface area contributed by atoms with Gasteiger partial charge in [0.05, 0.1) is 41.4 Å². The normalized spacial score (nSPS) is 15.3. The standard InChI is InChI=1S/C21H19F3N6O3S/c1-20(2)17(32)29(13-4-3-12(10-25)15(9-13)21(22,23)24)19(34)30(20)14-5-6-16(27-11-14)28-18(33)26-7-8-31/h3-6,9,11,31H,7-8H2,1-2H3,(H2,26,27,28,33). The lowest BCUT2D eigenvalue weighted by atomic mass is 10.0. The number of nitriles is 1. The Hall–Kier alpha value is -3.76. The molecule has 2 heterocycles. The van der Waals surface area contributed by atoms with Gasteiger partial charge in [-0.2, -0.15) is 18.4 Å². The van der Waals surface area contributed by atoms with Crippen molar-refractivity contribution >= 4 is 46.5 Å². The van der Waals surface area contributed by atoms with Crippen molar-refractivity contribution in [1.82, 2.24) is 10.3 Å². The van der Waals surface area contributed by atoms with E-state index in [9.17, 15) is 22.8 Å². The molecule has 0 radical (unpaired) electrons. The van der Waals surface area contributed by atoms with Gasteiger partial charge in [-0.25, -0.2) is 9.78 Å². The Bertz CT molecular complexity index is 1180. The summed E-state index contributed by atoms with van der Waals surface area (Å²) in [6.07, 6.45) is -3.44. The second kappa shape index (κ2) is 9.24.